The van der Waals surface area contributed by atoms with E-state index in [-0.39, 0.29) is 5.91 Å². The lowest BCUT2D eigenvalue weighted by molar-refractivity contribution is -0.886. The number of aryl methyl sites for hydroxylation is 1. The summed E-state index contributed by atoms with van der Waals surface area (Å²) in [5.74, 6) is 0.971. The Morgan fingerprint density at radius 2 is 2.05 bits per heavy atom. The van der Waals surface area contributed by atoms with Gasteiger partial charge in [-0.1, -0.05) is 11.6 Å². The summed E-state index contributed by atoms with van der Waals surface area (Å²) in [5, 5.41) is 11.1. The van der Waals surface area contributed by atoms with E-state index in [1.807, 2.05) is 7.05 Å². The molecule has 0 radical (unpaired) electrons. The van der Waals surface area contributed by atoms with Gasteiger partial charge in [0.15, 0.2) is 13.1 Å². The van der Waals surface area contributed by atoms with Gasteiger partial charge in [0.1, 0.15) is 0 Å². The Labute approximate surface area is 121 Å². The SMILES string of the molecule is Cc1nnc(C[NH+](C)CC(=O)Nc2ccc(Cl)cc2)o1. The lowest BCUT2D eigenvalue weighted by Crippen LogP contribution is -3.08. The third kappa shape index (κ3) is 4.32. The van der Waals surface area contributed by atoms with Crippen LogP contribution in [-0.4, -0.2) is 29.7 Å². The minimum Gasteiger partial charge on any atom is -0.420 e. The van der Waals surface area contributed by atoms with Gasteiger partial charge in [0, 0.05) is 17.6 Å². The van der Waals surface area contributed by atoms with E-state index >= 15 is 0 Å². The van der Waals surface area contributed by atoms with Crippen molar-refractivity contribution in [1.29, 1.82) is 0 Å². The van der Waals surface area contributed by atoms with E-state index in [9.17, 15) is 4.79 Å². The van der Waals surface area contributed by atoms with Crippen LogP contribution in [0, 0.1) is 6.92 Å². The lowest BCUT2D eigenvalue weighted by atomic mass is 10.3. The maximum atomic E-state index is 11.9. The fraction of sp³-hybridized carbons (Fsp3) is 0.308. The minimum absolute atomic E-state index is 0.0824. The normalized spacial score (nSPS) is 12.2. The average molecular weight is 296 g/mol. The number of halogens is 1. The molecule has 1 aromatic carbocycles. The van der Waals surface area contributed by atoms with Gasteiger partial charge < -0.3 is 14.6 Å². The molecule has 1 aromatic heterocycles. The Balaban J connectivity index is 1.83. The maximum absolute atomic E-state index is 11.9. The Bertz CT molecular complexity index is 582. The van der Waals surface area contributed by atoms with Crippen molar-refractivity contribution in [3.8, 4) is 0 Å². The summed E-state index contributed by atoms with van der Waals surface area (Å²) in [6.07, 6.45) is 0. The smallest absolute Gasteiger partial charge is 0.279 e. The number of anilines is 1. The van der Waals surface area contributed by atoms with Crippen molar-refractivity contribution in [2.75, 3.05) is 18.9 Å². The summed E-state index contributed by atoms with van der Waals surface area (Å²) in [6.45, 7) is 2.55. The van der Waals surface area contributed by atoms with Crippen LogP contribution < -0.4 is 10.2 Å². The van der Waals surface area contributed by atoms with Crippen LogP contribution in [0.25, 0.3) is 0 Å². The Morgan fingerprint density at radius 1 is 1.35 bits per heavy atom. The van der Waals surface area contributed by atoms with E-state index in [2.05, 4.69) is 15.5 Å². The van der Waals surface area contributed by atoms with Gasteiger partial charge >= 0.3 is 0 Å². The highest BCUT2D eigenvalue weighted by molar-refractivity contribution is 6.30. The first-order chi connectivity index (χ1) is 9.52. The summed E-state index contributed by atoms with van der Waals surface area (Å²) in [4.78, 5) is 12.8. The Kier molecular flexibility index (Phi) is 4.70. The number of quaternary nitrogens is 1. The first-order valence-corrected chi connectivity index (χ1v) is 6.56. The summed E-state index contributed by atoms with van der Waals surface area (Å²) in [7, 11) is 1.89. The molecule has 0 aliphatic heterocycles. The largest absolute Gasteiger partial charge is 0.420 e. The molecule has 106 valence electrons. The van der Waals surface area contributed by atoms with E-state index in [0.717, 1.165) is 10.6 Å². The van der Waals surface area contributed by atoms with Crippen molar-refractivity contribution in [2.45, 2.75) is 13.5 Å². The second kappa shape index (κ2) is 6.49. The van der Waals surface area contributed by atoms with Crippen LogP contribution in [0.15, 0.2) is 28.7 Å². The predicted molar refractivity (Wildman–Crippen MR) is 74.6 cm³/mol. The summed E-state index contributed by atoms with van der Waals surface area (Å²) in [5.41, 5.74) is 0.723. The zero-order valence-corrected chi connectivity index (χ0v) is 12.1. The zero-order valence-electron chi connectivity index (χ0n) is 11.3. The molecule has 1 amide bonds. The van der Waals surface area contributed by atoms with Crippen LogP contribution in [-0.2, 0) is 11.3 Å². The van der Waals surface area contributed by atoms with Gasteiger partial charge in [-0.2, -0.15) is 0 Å². The molecule has 0 fully saturated rings. The average Bonchev–Trinajstić information content (AvgIpc) is 2.77. The maximum Gasteiger partial charge on any atom is 0.279 e. The highest BCUT2D eigenvalue weighted by Crippen LogP contribution is 2.12. The number of nitrogens with zero attached hydrogens (tertiary/aromatic N) is 2. The molecule has 1 heterocycles. The molecule has 0 aliphatic carbocycles. The van der Waals surface area contributed by atoms with Gasteiger partial charge in [-0.25, -0.2) is 0 Å². The van der Waals surface area contributed by atoms with Crippen molar-refractivity contribution in [3.05, 3.63) is 41.1 Å². The fourth-order valence-electron chi connectivity index (χ4n) is 1.74. The minimum atomic E-state index is -0.0824. The molecule has 6 nitrogen and oxygen atoms in total. The van der Waals surface area contributed by atoms with Gasteiger partial charge in [-0.15, -0.1) is 10.2 Å². The molecule has 2 rings (SSSR count). The van der Waals surface area contributed by atoms with E-state index in [0.29, 0.717) is 29.9 Å². The van der Waals surface area contributed by atoms with Gasteiger partial charge in [0.25, 0.3) is 11.8 Å². The molecule has 2 aromatic rings. The molecule has 7 heteroatoms. The number of rotatable bonds is 5. The van der Waals surface area contributed by atoms with E-state index in [4.69, 9.17) is 16.0 Å². The molecule has 0 saturated carbocycles. The molecule has 2 N–H and O–H groups in total. The molecule has 0 bridgehead atoms. The Morgan fingerprint density at radius 3 is 2.65 bits per heavy atom. The third-order valence-electron chi connectivity index (χ3n) is 2.61. The first-order valence-electron chi connectivity index (χ1n) is 6.18. The van der Waals surface area contributed by atoms with E-state index < -0.39 is 0 Å². The van der Waals surface area contributed by atoms with Crippen LogP contribution in [0.3, 0.4) is 0 Å². The number of amides is 1. The van der Waals surface area contributed by atoms with Crippen LogP contribution in [0.4, 0.5) is 5.69 Å². The molecule has 0 aliphatic rings. The first kappa shape index (κ1) is 14.5. The number of hydrogen-bond donors (Lipinski definition) is 2. The van der Waals surface area contributed by atoms with Gasteiger partial charge in [0.05, 0.1) is 7.05 Å². The number of benzene rings is 1. The molecule has 0 saturated heterocycles. The van der Waals surface area contributed by atoms with Crippen LogP contribution in [0.1, 0.15) is 11.8 Å². The topological polar surface area (TPSA) is 72.5 Å². The lowest BCUT2D eigenvalue weighted by Gasteiger charge is -2.11. The van der Waals surface area contributed by atoms with Gasteiger partial charge in [-0.05, 0) is 24.3 Å². The van der Waals surface area contributed by atoms with Crippen molar-refractivity contribution >= 4 is 23.2 Å². The second-order valence-electron chi connectivity index (χ2n) is 4.58. The molecular formula is C13H16ClN4O2+. The molecule has 1 unspecified atom stereocenters. The van der Waals surface area contributed by atoms with Gasteiger partial charge in [-0.3, -0.25) is 4.79 Å². The summed E-state index contributed by atoms with van der Waals surface area (Å²) < 4.78 is 5.28. The van der Waals surface area contributed by atoms with Crippen molar-refractivity contribution < 1.29 is 14.1 Å². The van der Waals surface area contributed by atoms with Crippen LogP contribution in [0.2, 0.25) is 5.02 Å². The number of carbonyl (C=O) groups excluding carboxylic acids is 1. The molecule has 0 spiro atoms. The third-order valence-corrected chi connectivity index (χ3v) is 2.86. The molecule has 20 heavy (non-hydrogen) atoms. The summed E-state index contributed by atoms with van der Waals surface area (Å²) in [6, 6.07) is 6.98. The van der Waals surface area contributed by atoms with Crippen LogP contribution >= 0.6 is 11.6 Å². The quantitative estimate of drug-likeness (QED) is 0.851. The number of hydrogen-bond acceptors (Lipinski definition) is 4. The van der Waals surface area contributed by atoms with Crippen molar-refractivity contribution in [2.24, 2.45) is 0 Å². The highest BCUT2D eigenvalue weighted by Gasteiger charge is 2.14. The van der Waals surface area contributed by atoms with Crippen LogP contribution in [0.5, 0.6) is 0 Å². The second-order valence-corrected chi connectivity index (χ2v) is 5.02. The Hall–Kier alpha value is -1.92. The van der Waals surface area contributed by atoms with E-state index in [1.165, 1.54) is 0 Å². The monoisotopic (exact) mass is 295 g/mol. The van der Waals surface area contributed by atoms with Crippen molar-refractivity contribution in [1.82, 2.24) is 10.2 Å². The molecule has 1 atom stereocenters. The van der Waals surface area contributed by atoms with Gasteiger partial charge in [0.2, 0.25) is 5.89 Å². The van der Waals surface area contributed by atoms with Crippen molar-refractivity contribution in [3.63, 3.8) is 0 Å². The standard InChI is InChI=1S/C13H15ClN4O2/c1-9-16-17-13(20-9)8-18(2)7-12(19)15-11-5-3-10(14)4-6-11/h3-6H,7-8H2,1-2H3,(H,15,19)/p+1. The fourth-order valence-corrected chi connectivity index (χ4v) is 1.87. The molecular weight excluding hydrogens is 280 g/mol. The number of likely N-dealkylation sites (N-methyl/N-ethyl adjacent to an activating group) is 1. The number of carbonyl (C=O) groups is 1. The predicted octanol–water partition coefficient (Wildman–Crippen LogP) is 0.685. The highest BCUT2D eigenvalue weighted by atomic mass is 35.5. The summed E-state index contributed by atoms with van der Waals surface area (Å²) >= 11 is 5.78. The zero-order chi connectivity index (χ0) is 14.5. The number of nitrogens with one attached hydrogen (secondary N) is 2. The van der Waals surface area contributed by atoms with E-state index in [1.54, 1.807) is 31.2 Å². The number of aromatic nitrogens is 2.